The maximum absolute atomic E-state index is 11.6. The fourth-order valence-electron chi connectivity index (χ4n) is 1.40. The highest BCUT2D eigenvalue weighted by Gasteiger charge is 2.22. The van der Waals surface area contributed by atoms with Crippen LogP contribution < -0.4 is 0 Å². The summed E-state index contributed by atoms with van der Waals surface area (Å²) < 4.78 is 33.2. The van der Waals surface area contributed by atoms with Gasteiger partial charge < -0.3 is 9.47 Å². The van der Waals surface area contributed by atoms with Crippen molar-refractivity contribution in [1.82, 2.24) is 0 Å². The minimum atomic E-state index is -3.37. The van der Waals surface area contributed by atoms with Crippen molar-refractivity contribution in [3.8, 4) is 0 Å². The van der Waals surface area contributed by atoms with Gasteiger partial charge in [0.15, 0.2) is 16.1 Å². The van der Waals surface area contributed by atoms with E-state index in [1.807, 2.05) is 0 Å². The highest BCUT2D eigenvalue weighted by atomic mass is 35.5. The molecule has 0 N–H and O–H groups in total. The molecule has 0 heterocycles. The number of sulfone groups is 1. The van der Waals surface area contributed by atoms with E-state index in [9.17, 15) is 8.42 Å². The van der Waals surface area contributed by atoms with Crippen LogP contribution in [-0.2, 0) is 19.3 Å². The zero-order chi connectivity index (χ0) is 12.3. The number of hydrogen-bond acceptors (Lipinski definition) is 4. The van der Waals surface area contributed by atoms with Gasteiger partial charge in [0.2, 0.25) is 0 Å². The minimum Gasteiger partial charge on any atom is -0.352 e. The first-order valence-corrected chi connectivity index (χ1v) is 6.72. The summed E-state index contributed by atoms with van der Waals surface area (Å²) in [4.78, 5) is 0.119. The molecule has 6 heteroatoms. The molecule has 0 bridgehead atoms. The molecule has 0 atom stereocenters. The Morgan fingerprint density at radius 3 is 2.25 bits per heavy atom. The molecule has 1 rings (SSSR count). The van der Waals surface area contributed by atoms with Gasteiger partial charge in [-0.25, -0.2) is 8.42 Å². The summed E-state index contributed by atoms with van der Waals surface area (Å²) >= 11 is 5.96. The number of ether oxygens (including phenoxy) is 2. The molecule has 0 aliphatic carbocycles. The fourth-order valence-corrected chi connectivity index (χ4v) is 2.65. The topological polar surface area (TPSA) is 52.6 Å². The molecule has 0 unspecified atom stereocenters. The van der Waals surface area contributed by atoms with Crippen molar-refractivity contribution >= 4 is 21.4 Å². The first-order chi connectivity index (χ1) is 7.41. The van der Waals surface area contributed by atoms with Crippen molar-refractivity contribution in [3.05, 3.63) is 28.8 Å². The van der Waals surface area contributed by atoms with E-state index >= 15 is 0 Å². The van der Waals surface area contributed by atoms with E-state index < -0.39 is 16.1 Å². The molecule has 0 saturated heterocycles. The Balaban J connectivity index is 3.46. The van der Waals surface area contributed by atoms with E-state index in [-0.39, 0.29) is 4.90 Å². The van der Waals surface area contributed by atoms with Gasteiger partial charge in [0.25, 0.3) is 0 Å². The summed E-state index contributed by atoms with van der Waals surface area (Å²) in [5, 5.41) is 0.302. The number of methoxy groups -OCH3 is 2. The molecule has 4 nitrogen and oxygen atoms in total. The summed E-state index contributed by atoms with van der Waals surface area (Å²) in [5.74, 6) is 0. The van der Waals surface area contributed by atoms with Gasteiger partial charge in [0, 0.05) is 26.0 Å². The Morgan fingerprint density at radius 2 is 1.81 bits per heavy atom. The number of halogens is 1. The van der Waals surface area contributed by atoms with Crippen LogP contribution in [0.4, 0.5) is 0 Å². The SMILES string of the molecule is COC(OC)c1c(Cl)cccc1S(C)(=O)=O. The number of rotatable bonds is 4. The van der Waals surface area contributed by atoms with Gasteiger partial charge in [-0.05, 0) is 12.1 Å². The first-order valence-electron chi connectivity index (χ1n) is 4.46. The second kappa shape index (κ2) is 5.14. The standard InChI is InChI=1S/C10H13ClO4S/c1-14-10(15-2)9-7(11)5-4-6-8(9)16(3,12)13/h4-6,10H,1-3H3. The van der Waals surface area contributed by atoms with Gasteiger partial charge in [-0.15, -0.1) is 0 Å². The van der Waals surface area contributed by atoms with Crippen LogP contribution in [0.3, 0.4) is 0 Å². The lowest BCUT2D eigenvalue weighted by atomic mass is 10.2. The summed E-state index contributed by atoms with van der Waals surface area (Å²) in [6.07, 6.45) is 0.322. The molecule has 0 radical (unpaired) electrons. The van der Waals surface area contributed by atoms with E-state index in [0.29, 0.717) is 10.6 Å². The minimum absolute atomic E-state index is 0.119. The molecular weight excluding hydrogens is 252 g/mol. The zero-order valence-corrected chi connectivity index (χ0v) is 10.8. The third-order valence-corrected chi connectivity index (χ3v) is 3.56. The summed E-state index contributed by atoms with van der Waals surface area (Å²) in [7, 11) is -0.525. The molecule has 0 fully saturated rings. The lowest BCUT2D eigenvalue weighted by molar-refractivity contribution is -0.107. The molecule has 1 aromatic carbocycles. The molecule has 0 aromatic heterocycles. The molecule has 0 amide bonds. The Bertz CT molecular complexity index is 466. The molecule has 90 valence electrons. The third kappa shape index (κ3) is 2.74. The van der Waals surface area contributed by atoms with Crippen molar-refractivity contribution in [2.75, 3.05) is 20.5 Å². The van der Waals surface area contributed by atoms with E-state index in [2.05, 4.69) is 0 Å². The molecular formula is C10H13ClO4S. The molecule has 1 aromatic rings. The second-order valence-corrected chi connectivity index (χ2v) is 5.62. The third-order valence-electron chi connectivity index (χ3n) is 2.08. The van der Waals surface area contributed by atoms with Crippen molar-refractivity contribution in [2.24, 2.45) is 0 Å². The monoisotopic (exact) mass is 264 g/mol. The van der Waals surface area contributed by atoms with Crippen LogP contribution in [-0.4, -0.2) is 28.9 Å². The van der Waals surface area contributed by atoms with Crippen LogP contribution in [0.15, 0.2) is 23.1 Å². The maximum atomic E-state index is 11.6. The average molecular weight is 265 g/mol. The summed E-state index contributed by atoms with van der Waals surface area (Å²) in [6, 6.07) is 4.64. The number of hydrogen-bond donors (Lipinski definition) is 0. The van der Waals surface area contributed by atoms with Gasteiger partial charge in [0.1, 0.15) is 0 Å². The van der Waals surface area contributed by atoms with Crippen molar-refractivity contribution in [2.45, 2.75) is 11.2 Å². The van der Waals surface area contributed by atoms with Gasteiger partial charge in [-0.2, -0.15) is 0 Å². The smallest absolute Gasteiger partial charge is 0.185 e. The summed E-state index contributed by atoms with van der Waals surface area (Å²) in [5.41, 5.74) is 0.330. The fraction of sp³-hybridized carbons (Fsp3) is 0.400. The molecule has 0 aliphatic rings. The Kier molecular flexibility index (Phi) is 4.32. The average Bonchev–Trinajstić information content (AvgIpc) is 2.20. The molecule has 0 saturated carbocycles. The largest absolute Gasteiger partial charge is 0.352 e. The van der Waals surface area contributed by atoms with Crippen LogP contribution in [0.1, 0.15) is 11.9 Å². The second-order valence-electron chi connectivity index (χ2n) is 3.23. The number of benzene rings is 1. The lowest BCUT2D eigenvalue weighted by Gasteiger charge is -2.18. The lowest BCUT2D eigenvalue weighted by Crippen LogP contribution is -2.11. The van der Waals surface area contributed by atoms with Crippen LogP contribution in [0.25, 0.3) is 0 Å². The highest BCUT2D eigenvalue weighted by molar-refractivity contribution is 7.90. The van der Waals surface area contributed by atoms with Crippen LogP contribution in [0, 0.1) is 0 Å². The quantitative estimate of drug-likeness (QED) is 0.781. The van der Waals surface area contributed by atoms with E-state index in [0.717, 1.165) is 6.26 Å². The Morgan fingerprint density at radius 1 is 1.25 bits per heavy atom. The van der Waals surface area contributed by atoms with E-state index in [1.165, 1.54) is 20.3 Å². The first kappa shape index (κ1) is 13.4. The Labute approximate surface area is 100 Å². The van der Waals surface area contributed by atoms with Crippen molar-refractivity contribution < 1.29 is 17.9 Å². The maximum Gasteiger partial charge on any atom is 0.185 e. The molecule has 16 heavy (non-hydrogen) atoms. The highest BCUT2D eigenvalue weighted by Crippen LogP contribution is 2.31. The van der Waals surface area contributed by atoms with Crippen LogP contribution in [0.2, 0.25) is 5.02 Å². The van der Waals surface area contributed by atoms with Gasteiger partial charge in [0.05, 0.1) is 9.92 Å². The molecule has 0 spiro atoms. The van der Waals surface area contributed by atoms with Crippen LogP contribution in [0.5, 0.6) is 0 Å². The Hall–Kier alpha value is -0.620. The van der Waals surface area contributed by atoms with E-state index in [4.69, 9.17) is 21.1 Å². The van der Waals surface area contributed by atoms with Crippen LogP contribution >= 0.6 is 11.6 Å². The van der Waals surface area contributed by atoms with Crippen molar-refractivity contribution in [3.63, 3.8) is 0 Å². The van der Waals surface area contributed by atoms with Crippen molar-refractivity contribution in [1.29, 1.82) is 0 Å². The predicted octanol–water partition coefficient (Wildman–Crippen LogP) is 2.03. The normalized spacial score (nSPS) is 12.1. The predicted molar refractivity (Wildman–Crippen MR) is 61.3 cm³/mol. The van der Waals surface area contributed by atoms with E-state index in [1.54, 1.807) is 12.1 Å². The zero-order valence-electron chi connectivity index (χ0n) is 9.23. The van der Waals surface area contributed by atoms with Gasteiger partial charge in [-0.3, -0.25) is 0 Å². The molecule has 0 aliphatic heterocycles. The van der Waals surface area contributed by atoms with Gasteiger partial charge in [-0.1, -0.05) is 17.7 Å². The summed E-state index contributed by atoms with van der Waals surface area (Å²) in [6.45, 7) is 0. The van der Waals surface area contributed by atoms with Gasteiger partial charge >= 0.3 is 0 Å².